The van der Waals surface area contributed by atoms with Crippen molar-refractivity contribution < 1.29 is 9.59 Å². The standard InChI is InChI=1S/C24H37N3O2.2ClH/c1-17(2)14-22(26-24(29)20-11-5-6-12-21(20)25)23(28)16-27-13-7-10-18-8-3-4-9-19(18)15-27;;/h3-4,8-9,17,20-22H,5-7,10-16,25H2,1-2H3,(H,26,29);2*1H/t20-,21+,22+;;/m1../s1. The van der Waals surface area contributed by atoms with Gasteiger partial charge in [0.1, 0.15) is 0 Å². The molecule has 3 N–H and O–H groups in total. The lowest BCUT2D eigenvalue weighted by Gasteiger charge is -2.30. The molecule has 176 valence electrons. The Morgan fingerprint density at radius 3 is 2.45 bits per heavy atom. The zero-order valence-electron chi connectivity index (χ0n) is 18.8. The number of Topliss-reactive ketones (excluding diaryl/α,β-unsaturated/α-hetero) is 1. The van der Waals surface area contributed by atoms with E-state index in [2.05, 4.69) is 48.3 Å². The van der Waals surface area contributed by atoms with E-state index in [4.69, 9.17) is 5.73 Å². The Kier molecular flexibility index (Phi) is 12.1. The molecule has 1 saturated carbocycles. The van der Waals surface area contributed by atoms with Crippen LogP contribution in [-0.2, 0) is 22.6 Å². The number of nitrogens with two attached hydrogens (primary N) is 1. The number of amides is 1. The van der Waals surface area contributed by atoms with Gasteiger partial charge in [0.05, 0.1) is 18.5 Å². The van der Waals surface area contributed by atoms with Crippen LogP contribution >= 0.6 is 24.8 Å². The van der Waals surface area contributed by atoms with Gasteiger partial charge in [0.15, 0.2) is 5.78 Å². The fraction of sp³-hybridized carbons (Fsp3) is 0.667. The Labute approximate surface area is 199 Å². The maximum Gasteiger partial charge on any atom is 0.225 e. The molecule has 31 heavy (non-hydrogen) atoms. The molecule has 1 aliphatic heterocycles. The summed E-state index contributed by atoms with van der Waals surface area (Å²) in [6.45, 7) is 6.30. The van der Waals surface area contributed by atoms with Gasteiger partial charge >= 0.3 is 0 Å². The molecular formula is C24H39Cl2N3O2. The second kappa shape index (κ2) is 13.4. The maximum absolute atomic E-state index is 13.2. The van der Waals surface area contributed by atoms with Gasteiger partial charge in [-0.1, -0.05) is 51.0 Å². The number of carbonyl (C=O) groups is 2. The summed E-state index contributed by atoms with van der Waals surface area (Å²) < 4.78 is 0. The monoisotopic (exact) mass is 471 g/mol. The van der Waals surface area contributed by atoms with E-state index >= 15 is 0 Å². The van der Waals surface area contributed by atoms with Gasteiger partial charge in [0, 0.05) is 12.6 Å². The summed E-state index contributed by atoms with van der Waals surface area (Å²) in [5.41, 5.74) is 8.90. The summed E-state index contributed by atoms with van der Waals surface area (Å²) in [6, 6.07) is 8.01. The minimum Gasteiger partial charge on any atom is -0.346 e. The van der Waals surface area contributed by atoms with Crippen molar-refractivity contribution in [3.8, 4) is 0 Å². The van der Waals surface area contributed by atoms with Crippen molar-refractivity contribution >= 4 is 36.5 Å². The van der Waals surface area contributed by atoms with E-state index in [9.17, 15) is 9.59 Å². The molecule has 0 spiro atoms. The number of benzene rings is 1. The Balaban J connectivity index is 0.00000240. The van der Waals surface area contributed by atoms with Gasteiger partial charge in [-0.3, -0.25) is 14.5 Å². The van der Waals surface area contributed by atoms with Gasteiger partial charge in [0.25, 0.3) is 0 Å². The van der Waals surface area contributed by atoms with E-state index < -0.39 is 6.04 Å². The predicted octanol–water partition coefficient (Wildman–Crippen LogP) is 3.90. The number of aryl methyl sites for hydroxylation is 1. The van der Waals surface area contributed by atoms with Gasteiger partial charge in [0.2, 0.25) is 5.91 Å². The second-order valence-corrected chi connectivity index (χ2v) is 9.29. The minimum absolute atomic E-state index is 0. The number of rotatable bonds is 7. The van der Waals surface area contributed by atoms with Crippen LogP contribution in [0.4, 0.5) is 0 Å². The Bertz CT molecular complexity index is 714. The van der Waals surface area contributed by atoms with Gasteiger partial charge < -0.3 is 11.1 Å². The first-order chi connectivity index (χ1) is 13.9. The largest absolute Gasteiger partial charge is 0.346 e. The molecule has 7 heteroatoms. The van der Waals surface area contributed by atoms with Crippen molar-refractivity contribution in [3.63, 3.8) is 0 Å². The molecule has 1 aromatic rings. The number of fused-ring (bicyclic) bond motifs is 1. The van der Waals surface area contributed by atoms with E-state index in [0.29, 0.717) is 18.9 Å². The molecule has 1 heterocycles. The molecule has 2 aliphatic rings. The van der Waals surface area contributed by atoms with Crippen LogP contribution in [-0.4, -0.2) is 41.8 Å². The zero-order chi connectivity index (χ0) is 20.8. The van der Waals surface area contributed by atoms with Crippen molar-refractivity contribution in [1.29, 1.82) is 0 Å². The highest BCUT2D eigenvalue weighted by atomic mass is 35.5. The molecule has 0 unspecified atom stereocenters. The molecule has 1 aliphatic carbocycles. The summed E-state index contributed by atoms with van der Waals surface area (Å²) in [5.74, 6) is 0.277. The average Bonchev–Trinajstić information content (AvgIpc) is 2.89. The van der Waals surface area contributed by atoms with Gasteiger partial charge in [-0.15, -0.1) is 24.8 Å². The van der Waals surface area contributed by atoms with Gasteiger partial charge in [-0.25, -0.2) is 0 Å². The normalized spacial score (nSPS) is 22.3. The second-order valence-electron chi connectivity index (χ2n) is 9.29. The third kappa shape index (κ3) is 8.05. The smallest absolute Gasteiger partial charge is 0.225 e. The molecule has 0 saturated heterocycles. The van der Waals surface area contributed by atoms with Crippen molar-refractivity contribution in [1.82, 2.24) is 10.2 Å². The Morgan fingerprint density at radius 1 is 1.10 bits per heavy atom. The molecule has 3 rings (SSSR count). The zero-order valence-corrected chi connectivity index (χ0v) is 20.5. The molecule has 0 radical (unpaired) electrons. The van der Waals surface area contributed by atoms with Crippen molar-refractivity contribution in [2.75, 3.05) is 13.1 Å². The van der Waals surface area contributed by atoms with E-state index in [1.54, 1.807) is 0 Å². The molecule has 0 aromatic heterocycles. The number of ketones is 1. The number of carbonyl (C=O) groups excluding carboxylic acids is 2. The third-order valence-electron chi connectivity index (χ3n) is 6.38. The number of hydrogen-bond acceptors (Lipinski definition) is 4. The van der Waals surface area contributed by atoms with E-state index in [1.165, 1.54) is 11.1 Å². The van der Waals surface area contributed by atoms with E-state index in [1.807, 2.05) is 0 Å². The van der Waals surface area contributed by atoms with Crippen LogP contribution in [0.5, 0.6) is 0 Å². The first-order valence-corrected chi connectivity index (χ1v) is 11.3. The molecular weight excluding hydrogens is 433 g/mol. The van der Waals surface area contributed by atoms with Crippen LogP contribution in [0, 0.1) is 11.8 Å². The molecule has 5 nitrogen and oxygen atoms in total. The van der Waals surface area contributed by atoms with Gasteiger partial charge in [-0.05, 0) is 55.7 Å². The third-order valence-corrected chi connectivity index (χ3v) is 6.38. The van der Waals surface area contributed by atoms with E-state index in [-0.39, 0.29) is 48.5 Å². The highest BCUT2D eigenvalue weighted by molar-refractivity contribution is 5.91. The summed E-state index contributed by atoms with van der Waals surface area (Å²) in [5, 5.41) is 3.08. The topological polar surface area (TPSA) is 75.4 Å². The quantitative estimate of drug-likeness (QED) is 0.631. The van der Waals surface area contributed by atoms with Crippen molar-refractivity contribution in [2.45, 2.75) is 77.4 Å². The Hall–Kier alpha value is -1.14. The summed E-state index contributed by atoms with van der Waals surface area (Å²) in [7, 11) is 0. The molecule has 1 fully saturated rings. The predicted molar refractivity (Wildman–Crippen MR) is 131 cm³/mol. The number of hydrogen-bond donors (Lipinski definition) is 2. The molecule has 3 atom stereocenters. The van der Waals surface area contributed by atoms with Crippen LogP contribution in [0.2, 0.25) is 0 Å². The lowest BCUT2D eigenvalue weighted by Crippen LogP contribution is -2.51. The minimum atomic E-state index is -0.421. The van der Waals surface area contributed by atoms with Crippen LogP contribution < -0.4 is 11.1 Å². The van der Waals surface area contributed by atoms with Crippen LogP contribution in [0.25, 0.3) is 0 Å². The number of nitrogens with zero attached hydrogens (tertiary/aromatic N) is 1. The van der Waals surface area contributed by atoms with Gasteiger partial charge in [-0.2, -0.15) is 0 Å². The molecule has 1 aromatic carbocycles. The summed E-state index contributed by atoms with van der Waals surface area (Å²) >= 11 is 0. The first kappa shape index (κ1) is 27.9. The fourth-order valence-corrected chi connectivity index (χ4v) is 4.74. The van der Waals surface area contributed by atoms with Crippen molar-refractivity contribution in [3.05, 3.63) is 35.4 Å². The highest BCUT2D eigenvalue weighted by Gasteiger charge is 2.32. The SMILES string of the molecule is CC(C)C[C@H](NC(=O)[C@@H]1CCCC[C@@H]1N)C(=O)CN1CCCc2ccccc2C1.Cl.Cl. The lowest BCUT2D eigenvalue weighted by molar-refractivity contribution is -0.132. The lowest BCUT2D eigenvalue weighted by atomic mass is 9.84. The first-order valence-electron chi connectivity index (χ1n) is 11.3. The van der Waals surface area contributed by atoms with Crippen LogP contribution in [0.15, 0.2) is 24.3 Å². The Morgan fingerprint density at radius 2 is 1.77 bits per heavy atom. The molecule has 1 amide bonds. The summed E-state index contributed by atoms with van der Waals surface area (Å²) in [6.07, 6.45) is 6.66. The van der Waals surface area contributed by atoms with Crippen molar-refractivity contribution in [2.24, 2.45) is 17.6 Å². The number of nitrogens with one attached hydrogen (secondary N) is 1. The molecule has 0 bridgehead atoms. The maximum atomic E-state index is 13.2. The number of halogens is 2. The van der Waals surface area contributed by atoms with Crippen LogP contribution in [0.3, 0.4) is 0 Å². The average molecular weight is 473 g/mol. The fourth-order valence-electron chi connectivity index (χ4n) is 4.74. The summed E-state index contributed by atoms with van der Waals surface area (Å²) in [4.78, 5) is 28.3. The van der Waals surface area contributed by atoms with Crippen LogP contribution in [0.1, 0.15) is 63.5 Å². The highest BCUT2D eigenvalue weighted by Crippen LogP contribution is 2.24. The van der Waals surface area contributed by atoms with E-state index in [0.717, 1.165) is 51.6 Å².